The number of aryl methyl sites for hydroxylation is 2. The van der Waals surface area contributed by atoms with Crippen LogP contribution in [0.5, 0.6) is 0 Å². The second-order valence-corrected chi connectivity index (χ2v) is 7.90. The zero-order valence-electron chi connectivity index (χ0n) is 14.9. The molecule has 0 fully saturated rings. The van der Waals surface area contributed by atoms with Crippen LogP contribution in [0.1, 0.15) is 21.7 Å². The molecule has 0 bridgehead atoms. The summed E-state index contributed by atoms with van der Waals surface area (Å²) in [5.74, 6) is -0.866. The van der Waals surface area contributed by atoms with Crippen LogP contribution in [-0.4, -0.2) is 45.3 Å². The molecule has 1 aromatic heterocycles. The van der Waals surface area contributed by atoms with Gasteiger partial charge in [0.15, 0.2) is 6.61 Å². The standard InChI is InChI=1S/C17H20N2O6S/c1-11-5-6-13(9-15(11)26(22,23)19(3)4)18-16(20)10-25-17(21)14-7-8-24-12(14)2/h5-9H,10H2,1-4H3,(H,18,20). The van der Waals surface area contributed by atoms with Crippen LogP contribution in [0.2, 0.25) is 0 Å². The van der Waals surface area contributed by atoms with E-state index in [4.69, 9.17) is 9.15 Å². The zero-order chi connectivity index (χ0) is 19.5. The Morgan fingerprint density at radius 1 is 1.19 bits per heavy atom. The molecule has 0 aliphatic carbocycles. The topological polar surface area (TPSA) is 106 Å². The highest BCUT2D eigenvalue weighted by Gasteiger charge is 2.21. The highest BCUT2D eigenvalue weighted by molar-refractivity contribution is 7.89. The van der Waals surface area contributed by atoms with Gasteiger partial charge in [0.25, 0.3) is 5.91 Å². The molecule has 0 unspecified atom stereocenters. The molecule has 0 spiro atoms. The number of carbonyl (C=O) groups excluding carboxylic acids is 2. The van der Waals surface area contributed by atoms with Crippen LogP contribution in [0.25, 0.3) is 0 Å². The molecule has 0 saturated heterocycles. The van der Waals surface area contributed by atoms with Crippen LogP contribution < -0.4 is 5.32 Å². The number of esters is 1. The molecule has 1 amide bonds. The van der Waals surface area contributed by atoms with Crippen molar-refractivity contribution in [1.82, 2.24) is 4.31 Å². The first-order chi connectivity index (χ1) is 12.1. The maximum atomic E-state index is 12.3. The average molecular weight is 380 g/mol. The molecule has 0 radical (unpaired) electrons. The Bertz CT molecular complexity index is 930. The summed E-state index contributed by atoms with van der Waals surface area (Å²) in [4.78, 5) is 23.9. The SMILES string of the molecule is Cc1ccc(NC(=O)COC(=O)c2ccoc2C)cc1S(=O)(=O)N(C)C. The summed E-state index contributed by atoms with van der Waals surface area (Å²) < 4.78 is 35.6. The number of rotatable bonds is 6. The normalized spacial score (nSPS) is 11.4. The van der Waals surface area contributed by atoms with E-state index in [-0.39, 0.29) is 16.1 Å². The fraction of sp³-hybridized carbons (Fsp3) is 0.294. The van der Waals surface area contributed by atoms with E-state index < -0.39 is 28.5 Å². The zero-order valence-corrected chi connectivity index (χ0v) is 15.7. The number of furan rings is 1. The predicted molar refractivity (Wildman–Crippen MR) is 94.4 cm³/mol. The molecule has 0 saturated carbocycles. The van der Waals surface area contributed by atoms with E-state index in [2.05, 4.69) is 5.32 Å². The number of nitrogens with one attached hydrogen (secondary N) is 1. The van der Waals surface area contributed by atoms with Crippen molar-refractivity contribution in [1.29, 1.82) is 0 Å². The Labute approximate surface area is 151 Å². The number of anilines is 1. The van der Waals surface area contributed by atoms with E-state index in [0.29, 0.717) is 11.3 Å². The average Bonchev–Trinajstić information content (AvgIpc) is 3.00. The second kappa shape index (κ2) is 7.71. The molecule has 0 aliphatic heterocycles. The van der Waals surface area contributed by atoms with Gasteiger partial charge in [0.1, 0.15) is 11.3 Å². The monoisotopic (exact) mass is 380 g/mol. The molecule has 1 aromatic carbocycles. The molecule has 140 valence electrons. The van der Waals surface area contributed by atoms with Crippen LogP contribution >= 0.6 is 0 Å². The molecular formula is C17H20N2O6S. The van der Waals surface area contributed by atoms with Crippen LogP contribution in [0.4, 0.5) is 5.69 Å². The fourth-order valence-electron chi connectivity index (χ4n) is 2.16. The number of sulfonamides is 1. The van der Waals surface area contributed by atoms with Gasteiger partial charge in [0.05, 0.1) is 11.2 Å². The Morgan fingerprint density at radius 2 is 1.88 bits per heavy atom. The largest absolute Gasteiger partial charge is 0.469 e. The van der Waals surface area contributed by atoms with Gasteiger partial charge in [-0.15, -0.1) is 0 Å². The van der Waals surface area contributed by atoms with Crippen molar-refractivity contribution in [2.24, 2.45) is 0 Å². The van der Waals surface area contributed by atoms with Crippen molar-refractivity contribution in [2.75, 3.05) is 26.0 Å². The Morgan fingerprint density at radius 3 is 2.46 bits per heavy atom. The van der Waals surface area contributed by atoms with Crippen molar-refractivity contribution >= 4 is 27.6 Å². The van der Waals surface area contributed by atoms with Gasteiger partial charge in [0.2, 0.25) is 10.0 Å². The third-order valence-corrected chi connectivity index (χ3v) is 5.60. The number of carbonyl (C=O) groups is 2. The van der Waals surface area contributed by atoms with Crippen molar-refractivity contribution in [2.45, 2.75) is 18.7 Å². The van der Waals surface area contributed by atoms with Crippen molar-refractivity contribution < 1.29 is 27.2 Å². The van der Waals surface area contributed by atoms with Crippen LogP contribution in [0, 0.1) is 13.8 Å². The van der Waals surface area contributed by atoms with Gasteiger partial charge in [-0.1, -0.05) is 6.07 Å². The number of ether oxygens (including phenoxy) is 1. The van der Waals surface area contributed by atoms with Gasteiger partial charge in [0, 0.05) is 19.8 Å². The minimum atomic E-state index is -3.64. The van der Waals surface area contributed by atoms with E-state index in [1.165, 1.54) is 32.5 Å². The van der Waals surface area contributed by atoms with Gasteiger partial charge in [-0.2, -0.15) is 0 Å². The van der Waals surface area contributed by atoms with Crippen LogP contribution in [0.15, 0.2) is 39.8 Å². The van der Waals surface area contributed by atoms with Gasteiger partial charge in [-0.05, 0) is 37.6 Å². The minimum absolute atomic E-state index is 0.0892. The molecule has 0 atom stereocenters. The van der Waals surface area contributed by atoms with Gasteiger partial charge in [-0.25, -0.2) is 17.5 Å². The summed E-state index contributed by atoms with van der Waals surface area (Å²) >= 11 is 0. The van der Waals surface area contributed by atoms with E-state index in [1.807, 2.05) is 0 Å². The van der Waals surface area contributed by atoms with E-state index >= 15 is 0 Å². The number of benzene rings is 1. The molecule has 2 rings (SSSR count). The second-order valence-electron chi connectivity index (χ2n) is 5.78. The van der Waals surface area contributed by atoms with Crippen molar-refractivity contribution in [3.05, 3.63) is 47.4 Å². The molecule has 1 heterocycles. The summed E-state index contributed by atoms with van der Waals surface area (Å²) in [6.07, 6.45) is 1.35. The quantitative estimate of drug-likeness (QED) is 0.768. The van der Waals surface area contributed by atoms with Crippen LogP contribution in [0.3, 0.4) is 0 Å². The van der Waals surface area contributed by atoms with Crippen molar-refractivity contribution in [3.63, 3.8) is 0 Å². The predicted octanol–water partition coefficient (Wildman–Crippen LogP) is 1.94. The van der Waals surface area contributed by atoms with E-state index in [1.54, 1.807) is 26.0 Å². The maximum absolute atomic E-state index is 12.3. The van der Waals surface area contributed by atoms with Gasteiger partial charge >= 0.3 is 5.97 Å². The lowest BCUT2D eigenvalue weighted by Crippen LogP contribution is -2.24. The number of nitrogens with zero attached hydrogens (tertiary/aromatic N) is 1. The third-order valence-electron chi connectivity index (χ3n) is 3.64. The van der Waals surface area contributed by atoms with Crippen LogP contribution in [-0.2, 0) is 19.6 Å². The molecule has 0 aliphatic rings. The molecule has 1 N–H and O–H groups in total. The Kier molecular flexibility index (Phi) is 5.83. The lowest BCUT2D eigenvalue weighted by molar-refractivity contribution is -0.119. The lowest BCUT2D eigenvalue weighted by atomic mass is 10.2. The Balaban J connectivity index is 2.06. The lowest BCUT2D eigenvalue weighted by Gasteiger charge is -2.15. The fourth-order valence-corrected chi connectivity index (χ4v) is 3.30. The van der Waals surface area contributed by atoms with E-state index in [0.717, 1.165) is 4.31 Å². The number of hydrogen-bond donors (Lipinski definition) is 1. The molecule has 2 aromatic rings. The Hall–Kier alpha value is -2.65. The summed E-state index contributed by atoms with van der Waals surface area (Å²) in [5.41, 5.74) is 1.09. The van der Waals surface area contributed by atoms with E-state index in [9.17, 15) is 18.0 Å². The van der Waals surface area contributed by atoms with Crippen molar-refractivity contribution in [3.8, 4) is 0 Å². The molecule has 8 nitrogen and oxygen atoms in total. The third kappa shape index (κ3) is 4.30. The number of amides is 1. The van der Waals surface area contributed by atoms with Gasteiger partial charge < -0.3 is 14.5 Å². The molecule has 26 heavy (non-hydrogen) atoms. The van der Waals surface area contributed by atoms with Gasteiger partial charge in [-0.3, -0.25) is 4.79 Å². The highest BCUT2D eigenvalue weighted by Crippen LogP contribution is 2.22. The summed E-state index contributed by atoms with van der Waals surface area (Å²) in [5, 5.41) is 2.51. The number of hydrogen-bond acceptors (Lipinski definition) is 6. The smallest absolute Gasteiger partial charge is 0.342 e. The summed E-state index contributed by atoms with van der Waals surface area (Å²) in [7, 11) is -0.784. The summed E-state index contributed by atoms with van der Waals surface area (Å²) in [6, 6.07) is 5.98. The first kappa shape index (κ1) is 19.7. The first-order valence-electron chi connectivity index (χ1n) is 7.67. The maximum Gasteiger partial charge on any atom is 0.342 e. The molecular weight excluding hydrogens is 360 g/mol. The molecule has 9 heteroatoms. The first-order valence-corrected chi connectivity index (χ1v) is 9.11. The highest BCUT2D eigenvalue weighted by atomic mass is 32.2. The summed E-state index contributed by atoms with van der Waals surface area (Å²) in [6.45, 7) is 2.76. The minimum Gasteiger partial charge on any atom is -0.469 e.